The van der Waals surface area contributed by atoms with Gasteiger partial charge in [0, 0.05) is 109 Å². The molecule has 6 aliphatic rings. The maximum atomic E-state index is 13.6. The summed E-state index contributed by atoms with van der Waals surface area (Å²) in [5, 5.41) is 25.6. The van der Waals surface area contributed by atoms with Crippen molar-refractivity contribution in [3.05, 3.63) is 93.6 Å². The molecule has 4 aliphatic heterocycles. The minimum absolute atomic E-state index is 0.00407. The first-order valence-electron chi connectivity index (χ1n) is 27.3. The van der Waals surface area contributed by atoms with E-state index in [0.717, 1.165) is 110 Å². The number of fused-ring (bicyclic) bond motifs is 3. The van der Waals surface area contributed by atoms with Crippen LogP contribution in [-0.4, -0.2) is 173 Å². The molecule has 75 heavy (non-hydrogen) atoms. The summed E-state index contributed by atoms with van der Waals surface area (Å²) in [6, 6.07) is 12.6. The number of benzene rings is 2. The number of aldehydes is 1. The van der Waals surface area contributed by atoms with E-state index in [4.69, 9.17) is 30.5 Å². The number of aliphatic hydroxyl groups is 1. The van der Waals surface area contributed by atoms with Gasteiger partial charge in [0.15, 0.2) is 37.4 Å². The zero-order valence-electron chi connectivity index (χ0n) is 43.9. The van der Waals surface area contributed by atoms with Crippen LogP contribution in [0.3, 0.4) is 0 Å². The Bertz CT molecular complexity index is 2430. The van der Waals surface area contributed by atoms with Gasteiger partial charge in [-0.15, -0.1) is 11.6 Å². The minimum atomic E-state index is -0.607. The second-order valence-corrected chi connectivity index (χ2v) is 22.4. The Kier molecular flexibility index (Phi) is 21.4. The zero-order chi connectivity index (χ0) is 52.6. The lowest BCUT2D eigenvalue weighted by Gasteiger charge is -2.41. The number of nitrogens with one attached hydrogen (secondary N) is 5. The highest BCUT2D eigenvalue weighted by molar-refractivity contribution is 8.00. The topological polar surface area (TPSA) is 192 Å². The monoisotopic (exact) mass is 1070 g/mol. The van der Waals surface area contributed by atoms with E-state index >= 15 is 0 Å². The Labute approximate surface area is 452 Å². The minimum Gasteiger partial charge on any atom is -0.379 e. The van der Waals surface area contributed by atoms with Crippen molar-refractivity contribution in [1.29, 1.82) is 0 Å². The maximum Gasteiger partial charge on any atom is 0.251 e. The van der Waals surface area contributed by atoms with Crippen LogP contribution in [0.15, 0.2) is 65.8 Å². The number of allylic oxidation sites excluding steroid dienone is 5. The number of thioether (sulfide) groups is 1. The second-order valence-electron chi connectivity index (χ2n) is 20.8. The summed E-state index contributed by atoms with van der Waals surface area (Å²) in [6.07, 6.45) is 15.5. The molecule has 408 valence electrons. The van der Waals surface area contributed by atoms with Gasteiger partial charge in [0.1, 0.15) is 0 Å². The van der Waals surface area contributed by atoms with Gasteiger partial charge >= 0.3 is 0 Å². The van der Waals surface area contributed by atoms with Crippen LogP contribution in [0.25, 0.3) is 5.57 Å². The van der Waals surface area contributed by atoms with Crippen LogP contribution in [0, 0.1) is 5.92 Å². The lowest BCUT2D eigenvalue weighted by atomic mass is 9.64. The van der Waals surface area contributed by atoms with Gasteiger partial charge in [0.05, 0.1) is 46.2 Å². The van der Waals surface area contributed by atoms with E-state index in [1.54, 1.807) is 12.1 Å². The van der Waals surface area contributed by atoms with E-state index in [0.29, 0.717) is 132 Å². The molecular formula is C57H79ClN7O9S+. The van der Waals surface area contributed by atoms with Crippen molar-refractivity contribution in [2.75, 3.05) is 115 Å². The molecule has 16 nitrogen and oxygen atoms in total. The van der Waals surface area contributed by atoms with Gasteiger partial charge in [-0.3, -0.25) is 29.8 Å². The van der Waals surface area contributed by atoms with Crippen LogP contribution in [0.5, 0.6) is 0 Å². The molecule has 4 fully saturated rings. The van der Waals surface area contributed by atoms with Crippen LogP contribution in [0.2, 0.25) is 0 Å². The SMILES string of the molecule is CC1(C)C2=CC(=[N+]3CC(C(=O)NCCOCCOCCC(=O)NCCCC[C@@H]4SC[C@@H]5NC(O)N[C@@H]54)C3)C=CC2=C(c2cc(C(=O)NCCOCCOCCCCCCCl)ccc2C=O)c2ccc(N3CCC3)cc21. The van der Waals surface area contributed by atoms with E-state index in [9.17, 15) is 24.3 Å². The number of halogens is 1. The van der Waals surface area contributed by atoms with Crippen LogP contribution in [0.1, 0.15) is 109 Å². The smallest absolute Gasteiger partial charge is 0.251 e. The maximum absolute atomic E-state index is 13.6. The number of hydrogen-bond donors (Lipinski definition) is 6. The first-order valence-corrected chi connectivity index (χ1v) is 28.9. The lowest BCUT2D eigenvalue weighted by molar-refractivity contribution is -0.596. The van der Waals surface area contributed by atoms with Crippen molar-refractivity contribution >= 4 is 64.3 Å². The van der Waals surface area contributed by atoms with Crippen molar-refractivity contribution in [3.8, 4) is 0 Å². The van der Waals surface area contributed by atoms with Crippen LogP contribution < -0.4 is 31.5 Å². The standard InChI is InChI=1S/C57H78ClN7O9S/c1-57(2)47-33-42(64-22-9-23-64)13-15-44(47)52(46-32-39(11-12-40(46)37-66)54(68)60-20-26-73-30-28-71-24-8-4-3-6-18-58)45-16-14-43(34-48(45)57)65-35-41(36-65)55(69)61-21-27-74-31-29-72-25-17-51(67)59-19-7-5-10-50-53-49(38-75-50)62-56(70)63-53/h11-16,32-34,37,41,49-50,53,56,62-63,70H,3-10,17-31,35-36,38H2,1-2H3,(H2-,59,60,61,67,68,69)/p+1/t49-,50-,53-,56?/m0/s1. The summed E-state index contributed by atoms with van der Waals surface area (Å²) in [7, 11) is 0. The Morgan fingerprint density at radius 3 is 2.32 bits per heavy atom. The number of carbonyl (C=O) groups excluding carboxylic acids is 4. The average Bonchev–Trinajstić information content (AvgIpc) is 3.96. The van der Waals surface area contributed by atoms with Gasteiger partial charge in [-0.25, -0.2) is 4.58 Å². The fraction of sp³-hybridized carbons (Fsp3) is 0.596. The number of hydrogen-bond acceptors (Lipinski definition) is 13. The molecule has 0 bridgehead atoms. The Morgan fingerprint density at radius 2 is 1.57 bits per heavy atom. The largest absolute Gasteiger partial charge is 0.379 e. The van der Waals surface area contributed by atoms with Gasteiger partial charge < -0.3 is 44.9 Å². The molecule has 18 heteroatoms. The first kappa shape index (κ1) is 56.8. The van der Waals surface area contributed by atoms with E-state index in [1.807, 2.05) is 17.8 Å². The van der Waals surface area contributed by atoms with Gasteiger partial charge in [0.25, 0.3) is 5.91 Å². The second kappa shape index (κ2) is 28.3. The molecule has 0 aromatic heterocycles. The molecule has 8 rings (SSSR count). The molecule has 0 saturated carbocycles. The molecule has 0 radical (unpaired) electrons. The molecule has 0 spiro atoms. The van der Waals surface area contributed by atoms with Gasteiger partial charge in [-0.05, 0) is 95.9 Å². The summed E-state index contributed by atoms with van der Waals surface area (Å²) in [5.74, 6) is 1.28. The number of amides is 3. The number of rotatable bonds is 31. The predicted molar refractivity (Wildman–Crippen MR) is 295 cm³/mol. The highest BCUT2D eigenvalue weighted by atomic mass is 35.5. The van der Waals surface area contributed by atoms with Crippen molar-refractivity contribution in [2.24, 2.45) is 5.92 Å². The summed E-state index contributed by atoms with van der Waals surface area (Å²) in [4.78, 5) is 54.3. The van der Waals surface area contributed by atoms with E-state index < -0.39 is 11.8 Å². The molecule has 1 unspecified atom stereocenters. The Morgan fingerprint density at radius 1 is 0.827 bits per heavy atom. The number of nitrogens with zero attached hydrogens (tertiary/aromatic N) is 2. The third-order valence-corrected chi connectivity index (χ3v) is 17.0. The summed E-state index contributed by atoms with van der Waals surface area (Å²) >= 11 is 7.70. The molecule has 3 amide bonds. The van der Waals surface area contributed by atoms with Crippen molar-refractivity contribution in [1.82, 2.24) is 26.6 Å². The number of unbranched alkanes of at least 4 members (excludes halogenated alkanes) is 4. The molecule has 2 aliphatic carbocycles. The summed E-state index contributed by atoms with van der Waals surface area (Å²) < 4.78 is 24.9. The molecule has 4 saturated heterocycles. The van der Waals surface area contributed by atoms with E-state index in [2.05, 4.69) is 86.3 Å². The highest BCUT2D eigenvalue weighted by Crippen LogP contribution is 2.51. The summed E-state index contributed by atoms with van der Waals surface area (Å²) in [5.41, 5.74) is 8.66. The van der Waals surface area contributed by atoms with Gasteiger partial charge in [-0.2, -0.15) is 11.8 Å². The normalized spacial score (nSPS) is 22.2. The van der Waals surface area contributed by atoms with E-state index in [1.165, 1.54) is 5.69 Å². The number of aliphatic hydroxyl groups excluding tert-OH is 1. The average molecular weight is 1070 g/mol. The quantitative estimate of drug-likeness (QED) is 0.0254. The van der Waals surface area contributed by atoms with Crippen LogP contribution in [0.4, 0.5) is 5.69 Å². The fourth-order valence-corrected chi connectivity index (χ4v) is 12.5. The van der Waals surface area contributed by atoms with E-state index in [-0.39, 0.29) is 23.6 Å². The van der Waals surface area contributed by atoms with Crippen molar-refractivity contribution < 1.29 is 47.8 Å². The highest BCUT2D eigenvalue weighted by Gasteiger charge is 2.44. The molecule has 6 N–H and O–H groups in total. The molecule has 4 heterocycles. The molecule has 4 atom stereocenters. The third kappa shape index (κ3) is 15.0. The lowest BCUT2D eigenvalue weighted by Crippen LogP contribution is -2.51. The zero-order valence-corrected chi connectivity index (χ0v) is 45.5. The fourth-order valence-electron chi connectivity index (χ4n) is 10.7. The summed E-state index contributed by atoms with van der Waals surface area (Å²) in [6.45, 7) is 12.5. The van der Waals surface area contributed by atoms with Crippen LogP contribution >= 0.6 is 23.4 Å². The molecular weight excluding hydrogens is 994 g/mol. The third-order valence-electron chi connectivity index (χ3n) is 15.2. The van der Waals surface area contributed by atoms with Gasteiger partial charge in [0.2, 0.25) is 11.8 Å². The number of ether oxygens (including phenoxy) is 4. The van der Waals surface area contributed by atoms with Crippen molar-refractivity contribution in [2.45, 2.75) is 101 Å². The number of carbonyl (C=O) groups is 4. The predicted octanol–water partition coefficient (Wildman–Crippen LogP) is 5.09. The van der Waals surface area contributed by atoms with Crippen LogP contribution in [-0.2, 0) is 34.0 Å². The molecule has 2 aromatic rings. The first-order chi connectivity index (χ1) is 36.5. The number of anilines is 1. The molecule has 2 aromatic carbocycles. The Hall–Kier alpha value is -4.43. The van der Waals surface area contributed by atoms with Crippen molar-refractivity contribution in [3.63, 3.8) is 0 Å². The van der Waals surface area contributed by atoms with Gasteiger partial charge in [-0.1, -0.05) is 45.2 Å². The number of alkyl halides is 1. The Balaban J connectivity index is 0.793.